The Bertz CT molecular complexity index is 1890. The number of fused-ring (bicyclic) bond motifs is 5. The minimum atomic E-state index is -2.11. The summed E-state index contributed by atoms with van der Waals surface area (Å²) in [4.78, 5) is 69.4. The number of nitrogens with zero attached hydrogens (tertiary/aromatic N) is 2. The van der Waals surface area contributed by atoms with Crippen LogP contribution in [0, 0.1) is 0 Å². The van der Waals surface area contributed by atoms with Crippen LogP contribution in [0.3, 0.4) is 0 Å². The molecule has 0 fully saturated rings. The standard InChI is InChI=1S/C35H43N3O9Si/c1-9-35(46-28(40)12-11-15-36-33(43)47-34(4,5)6)25-17-27-29-23(18-38(27)31(41)24(25)19-44-32(35)42)30(48(7,8)10-2)22-16-21(45-20(3)39)13-14-26(22)37-29/h13-14,16-17H,9-12,15,18-19H2,1-8H3,(H,36,43). The predicted octanol–water partition coefficient (Wildman–Crippen LogP) is 4.80. The maximum absolute atomic E-state index is 14.1. The molecule has 256 valence electrons. The number of rotatable bonds is 9. The number of nitrogens with one attached hydrogen (secondary N) is 1. The molecule has 0 saturated heterocycles. The summed E-state index contributed by atoms with van der Waals surface area (Å²) in [6.45, 7) is 15.2. The molecule has 2 aromatic heterocycles. The molecule has 0 saturated carbocycles. The first-order valence-electron chi connectivity index (χ1n) is 16.3. The minimum absolute atomic E-state index is 0.0432. The molecule has 5 rings (SSSR count). The van der Waals surface area contributed by atoms with Gasteiger partial charge in [-0.1, -0.05) is 33.0 Å². The highest BCUT2D eigenvalue weighted by Crippen LogP contribution is 2.41. The summed E-state index contributed by atoms with van der Waals surface area (Å²) < 4.78 is 23.7. The normalized spacial score (nSPS) is 16.8. The van der Waals surface area contributed by atoms with Gasteiger partial charge in [0.25, 0.3) is 5.56 Å². The monoisotopic (exact) mass is 677 g/mol. The van der Waals surface area contributed by atoms with Crippen LogP contribution in [0.4, 0.5) is 4.79 Å². The summed E-state index contributed by atoms with van der Waals surface area (Å²) in [6, 6.07) is 8.02. The zero-order valence-corrected chi connectivity index (χ0v) is 29.8. The first kappa shape index (κ1) is 34.8. The molecule has 0 aliphatic carbocycles. The lowest BCUT2D eigenvalue weighted by molar-refractivity contribution is -0.189. The lowest BCUT2D eigenvalue weighted by Gasteiger charge is -2.35. The van der Waals surface area contributed by atoms with Crippen LogP contribution in [0.15, 0.2) is 29.1 Å². The predicted molar refractivity (Wildman–Crippen MR) is 181 cm³/mol. The van der Waals surface area contributed by atoms with Crippen LogP contribution in [0.5, 0.6) is 5.75 Å². The van der Waals surface area contributed by atoms with E-state index in [2.05, 4.69) is 25.3 Å². The van der Waals surface area contributed by atoms with E-state index in [9.17, 15) is 24.0 Å². The molecule has 4 heterocycles. The summed E-state index contributed by atoms with van der Waals surface area (Å²) in [6.07, 6.45) is -0.396. The first-order chi connectivity index (χ1) is 22.5. The van der Waals surface area contributed by atoms with Crippen molar-refractivity contribution >= 4 is 48.2 Å². The third-order valence-corrected chi connectivity index (χ3v) is 12.7. The van der Waals surface area contributed by atoms with Crippen molar-refractivity contribution in [2.75, 3.05) is 6.54 Å². The molecule has 12 nitrogen and oxygen atoms in total. The van der Waals surface area contributed by atoms with Crippen LogP contribution in [0.1, 0.15) is 77.5 Å². The molecule has 2 aliphatic rings. The van der Waals surface area contributed by atoms with Gasteiger partial charge in [-0.15, -0.1) is 0 Å². The second-order valence-corrected chi connectivity index (χ2v) is 18.9. The first-order valence-corrected chi connectivity index (χ1v) is 19.5. The maximum atomic E-state index is 14.1. The van der Waals surface area contributed by atoms with E-state index in [1.165, 1.54) is 6.92 Å². The molecule has 1 amide bonds. The van der Waals surface area contributed by atoms with E-state index in [4.69, 9.17) is 23.9 Å². The van der Waals surface area contributed by atoms with Crippen molar-refractivity contribution in [3.05, 3.63) is 51.3 Å². The summed E-state index contributed by atoms with van der Waals surface area (Å²) in [5.41, 5.74) is 0.518. The van der Waals surface area contributed by atoms with E-state index in [1.54, 1.807) is 44.4 Å². The lowest BCUT2D eigenvalue weighted by atomic mass is 9.85. The van der Waals surface area contributed by atoms with Crippen LogP contribution in [0.2, 0.25) is 19.1 Å². The number of ether oxygens (including phenoxy) is 4. The van der Waals surface area contributed by atoms with Gasteiger partial charge >= 0.3 is 24.0 Å². The molecule has 1 N–H and O–H groups in total. The van der Waals surface area contributed by atoms with Crippen molar-refractivity contribution in [1.29, 1.82) is 0 Å². The summed E-state index contributed by atoms with van der Waals surface area (Å²) in [5.74, 6) is -1.41. The molecule has 13 heteroatoms. The molecule has 3 aromatic rings. The summed E-state index contributed by atoms with van der Waals surface area (Å²) in [5, 5.41) is 4.61. The Kier molecular flexibility index (Phi) is 9.30. The van der Waals surface area contributed by atoms with Gasteiger partial charge in [-0.2, -0.15) is 0 Å². The average molecular weight is 678 g/mol. The fourth-order valence-corrected chi connectivity index (χ4v) is 8.68. The Balaban J connectivity index is 1.54. The van der Waals surface area contributed by atoms with Crippen LogP contribution in [-0.4, -0.2) is 53.8 Å². The van der Waals surface area contributed by atoms with Gasteiger partial charge in [0.15, 0.2) is 0 Å². The van der Waals surface area contributed by atoms with Gasteiger partial charge in [-0.25, -0.2) is 14.6 Å². The number of cyclic esters (lactones) is 1. The number of hydrogen-bond donors (Lipinski definition) is 1. The molecule has 2 aliphatic heterocycles. The SMILES string of the molecule is CCC1(OC(=O)CCCNC(=O)OC(C)(C)C)C(=O)OCc2c1cc1n(c2=O)Cc2c-1nc1ccc(OC(C)=O)cc1c2[Si](C)(C)CC. The van der Waals surface area contributed by atoms with E-state index in [0.29, 0.717) is 28.2 Å². The van der Waals surface area contributed by atoms with Crippen molar-refractivity contribution < 1.29 is 38.1 Å². The molecule has 48 heavy (non-hydrogen) atoms. The van der Waals surface area contributed by atoms with E-state index in [1.807, 2.05) is 12.1 Å². The number of hydrogen-bond acceptors (Lipinski definition) is 10. The van der Waals surface area contributed by atoms with Gasteiger partial charge in [0.1, 0.15) is 18.0 Å². The smallest absolute Gasteiger partial charge is 0.407 e. The maximum Gasteiger partial charge on any atom is 0.407 e. The second kappa shape index (κ2) is 12.8. The Hall–Kier alpha value is -4.52. The van der Waals surface area contributed by atoms with E-state index in [0.717, 1.165) is 22.2 Å². The Morgan fingerprint density at radius 1 is 1.10 bits per heavy atom. The van der Waals surface area contributed by atoms with Gasteiger partial charge in [-0.3, -0.25) is 14.4 Å². The van der Waals surface area contributed by atoms with Crippen molar-refractivity contribution in [2.45, 2.75) is 104 Å². The second-order valence-electron chi connectivity index (χ2n) is 13.9. The third-order valence-electron chi connectivity index (χ3n) is 8.96. The van der Waals surface area contributed by atoms with E-state index in [-0.39, 0.29) is 50.1 Å². The number of aromatic nitrogens is 2. The molecule has 0 radical (unpaired) electrons. The number of esters is 3. The average Bonchev–Trinajstić information content (AvgIpc) is 3.36. The van der Waals surface area contributed by atoms with Gasteiger partial charge in [0.2, 0.25) is 5.60 Å². The lowest BCUT2D eigenvalue weighted by Crippen LogP contribution is -2.47. The van der Waals surface area contributed by atoms with E-state index < -0.39 is 43.3 Å². The van der Waals surface area contributed by atoms with Crippen LogP contribution in [-0.2, 0) is 47.3 Å². The van der Waals surface area contributed by atoms with Gasteiger partial charge in [0, 0.05) is 30.8 Å². The number of alkyl carbamates (subject to hydrolysis) is 1. The van der Waals surface area contributed by atoms with Crippen molar-refractivity contribution in [3.63, 3.8) is 0 Å². The minimum Gasteiger partial charge on any atom is -0.457 e. The van der Waals surface area contributed by atoms with Crippen molar-refractivity contribution in [1.82, 2.24) is 14.9 Å². The Morgan fingerprint density at radius 2 is 1.83 bits per heavy atom. The summed E-state index contributed by atoms with van der Waals surface area (Å²) >= 11 is 0. The molecular formula is C35H43N3O9Si. The summed E-state index contributed by atoms with van der Waals surface area (Å²) in [7, 11) is -2.11. The van der Waals surface area contributed by atoms with Crippen molar-refractivity contribution in [2.24, 2.45) is 0 Å². The number of carbonyl (C=O) groups is 4. The third kappa shape index (κ3) is 6.47. The molecule has 0 bridgehead atoms. The van der Waals surface area contributed by atoms with Gasteiger partial charge < -0.3 is 28.8 Å². The highest BCUT2D eigenvalue weighted by Gasteiger charge is 2.50. The fraction of sp³-hybridized carbons (Fsp3) is 0.486. The number of carbonyl (C=O) groups excluding carboxylic acids is 4. The van der Waals surface area contributed by atoms with Crippen LogP contribution < -0.4 is 20.8 Å². The van der Waals surface area contributed by atoms with Gasteiger partial charge in [-0.05, 0) is 68.6 Å². The molecule has 1 unspecified atom stereocenters. The number of benzene rings is 1. The topological polar surface area (TPSA) is 152 Å². The zero-order valence-electron chi connectivity index (χ0n) is 28.8. The zero-order chi connectivity index (χ0) is 35.2. The molecular weight excluding hydrogens is 634 g/mol. The van der Waals surface area contributed by atoms with Crippen LogP contribution in [0.25, 0.3) is 22.3 Å². The Labute approximate surface area is 280 Å². The molecule has 1 atom stereocenters. The highest BCUT2D eigenvalue weighted by molar-refractivity contribution is 6.91. The van der Waals surface area contributed by atoms with Crippen molar-refractivity contribution in [3.8, 4) is 17.1 Å². The van der Waals surface area contributed by atoms with Gasteiger partial charge in [0.05, 0.1) is 37.1 Å². The molecule has 0 spiro atoms. The van der Waals surface area contributed by atoms with Crippen LogP contribution >= 0.6 is 0 Å². The largest absolute Gasteiger partial charge is 0.457 e. The fourth-order valence-electron chi connectivity index (χ4n) is 6.38. The highest BCUT2D eigenvalue weighted by atomic mass is 28.3. The number of pyridine rings is 2. The molecule has 1 aromatic carbocycles. The quantitative estimate of drug-likeness (QED) is 0.0860. The number of amides is 1. The Morgan fingerprint density at radius 3 is 2.48 bits per heavy atom. The van der Waals surface area contributed by atoms with E-state index >= 15 is 0 Å².